The van der Waals surface area contributed by atoms with E-state index in [1.54, 1.807) is 12.1 Å². The number of aryl methyl sites for hydroxylation is 1. The van der Waals surface area contributed by atoms with E-state index in [1.807, 2.05) is 6.92 Å². The molecule has 6 nitrogen and oxygen atoms in total. The lowest BCUT2D eigenvalue weighted by molar-refractivity contribution is 0.0705. The molecular formula is C31H41N3O3S. The number of rotatable bonds is 11. The number of benzene rings is 3. The number of anilines is 1. The monoisotopic (exact) mass is 535 g/mol. The summed E-state index contributed by atoms with van der Waals surface area (Å²) in [5, 5.41) is 0. The number of unbranched alkanes of at least 4 members (excludes halogenated alkanes) is 1. The molecule has 1 aliphatic rings. The van der Waals surface area contributed by atoms with Crippen molar-refractivity contribution in [1.29, 1.82) is 0 Å². The van der Waals surface area contributed by atoms with E-state index in [1.165, 1.54) is 45.3 Å². The maximum atomic E-state index is 13.2. The van der Waals surface area contributed by atoms with Crippen molar-refractivity contribution in [2.24, 2.45) is 0 Å². The third kappa shape index (κ3) is 5.75. The third-order valence-corrected chi connectivity index (χ3v) is 10.1. The summed E-state index contributed by atoms with van der Waals surface area (Å²) < 4.78 is 33.3. The van der Waals surface area contributed by atoms with Crippen LogP contribution in [-0.2, 0) is 10.0 Å². The zero-order valence-corrected chi connectivity index (χ0v) is 24.1. The molecule has 3 aromatic rings. The molecule has 0 saturated carbocycles. The van der Waals surface area contributed by atoms with E-state index in [9.17, 15) is 8.42 Å². The van der Waals surface area contributed by atoms with Crippen LogP contribution in [0.25, 0.3) is 11.1 Å². The molecule has 1 fully saturated rings. The third-order valence-electron chi connectivity index (χ3n) is 8.11. The Morgan fingerprint density at radius 1 is 1.05 bits per heavy atom. The van der Waals surface area contributed by atoms with Gasteiger partial charge in [0.25, 0.3) is 0 Å². The van der Waals surface area contributed by atoms with Gasteiger partial charge in [0.15, 0.2) is 0 Å². The van der Waals surface area contributed by atoms with Gasteiger partial charge in [-0.05, 0) is 80.1 Å². The van der Waals surface area contributed by atoms with E-state index >= 15 is 0 Å². The molecule has 4 rings (SSSR count). The number of ether oxygens (including phenoxy) is 1. The number of sulfonamides is 1. The second kappa shape index (κ2) is 11.9. The lowest BCUT2D eigenvalue weighted by Gasteiger charge is -2.47. The fourth-order valence-electron chi connectivity index (χ4n) is 5.43. The van der Waals surface area contributed by atoms with E-state index in [-0.39, 0.29) is 10.6 Å². The molecule has 1 aliphatic heterocycles. The molecule has 38 heavy (non-hydrogen) atoms. The Hall–Kier alpha value is -2.87. The first-order chi connectivity index (χ1) is 18.2. The molecular weight excluding hydrogens is 494 g/mol. The summed E-state index contributed by atoms with van der Waals surface area (Å²) in [6, 6.07) is 20.7. The summed E-state index contributed by atoms with van der Waals surface area (Å²) >= 11 is 0. The van der Waals surface area contributed by atoms with Gasteiger partial charge < -0.3 is 10.5 Å². The standard InChI is InChI=1S/C31H41N3O3S/c1-6-34(38(35,36)31-17-16-27(32)20-30(31)37-5)19-8-7-18-33-21-29(24(33)4)26-14-12-25(13-15-26)28-11-9-10-22(2)23(28)3/h9-17,20,24,29H,6-8,18-19,21,32H2,1-5H3. The average Bonchev–Trinajstić information content (AvgIpc) is 2.91. The first-order valence-corrected chi connectivity index (χ1v) is 15.0. The van der Waals surface area contributed by atoms with Crippen molar-refractivity contribution < 1.29 is 13.2 Å². The van der Waals surface area contributed by atoms with Gasteiger partial charge in [-0.1, -0.05) is 49.4 Å². The largest absolute Gasteiger partial charge is 0.495 e. The molecule has 0 amide bonds. The Labute approximate surface area is 228 Å². The predicted octanol–water partition coefficient (Wildman–Crippen LogP) is 5.84. The van der Waals surface area contributed by atoms with Crippen LogP contribution in [0.3, 0.4) is 0 Å². The number of nitrogens with two attached hydrogens (primary N) is 1. The second-order valence-electron chi connectivity index (χ2n) is 10.3. The highest BCUT2D eigenvalue weighted by Gasteiger charge is 2.35. The molecule has 1 heterocycles. The molecule has 2 atom stereocenters. The smallest absolute Gasteiger partial charge is 0.246 e. The van der Waals surface area contributed by atoms with Crippen molar-refractivity contribution in [3.63, 3.8) is 0 Å². The van der Waals surface area contributed by atoms with Crippen LogP contribution in [0.1, 0.15) is 49.3 Å². The van der Waals surface area contributed by atoms with Crippen LogP contribution in [0, 0.1) is 13.8 Å². The van der Waals surface area contributed by atoms with Crippen molar-refractivity contribution in [3.8, 4) is 16.9 Å². The van der Waals surface area contributed by atoms with Gasteiger partial charge in [0.2, 0.25) is 10.0 Å². The highest BCUT2D eigenvalue weighted by molar-refractivity contribution is 7.89. The fourth-order valence-corrected chi connectivity index (χ4v) is 7.05. The van der Waals surface area contributed by atoms with Crippen LogP contribution in [0.5, 0.6) is 5.75 Å². The lowest BCUT2D eigenvalue weighted by Crippen LogP contribution is -2.53. The van der Waals surface area contributed by atoms with Crippen molar-refractivity contribution in [1.82, 2.24) is 9.21 Å². The van der Waals surface area contributed by atoms with Gasteiger partial charge in [-0.2, -0.15) is 4.31 Å². The summed E-state index contributed by atoms with van der Waals surface area (Å²) in [6.45, 7) is 11.4. The molecule has 1 saturated heterocycles. The number of nitrogen functional groups attached to an aromatic ring is 1. The summed E-state index contributed by atoms with van der Waals surface area (Å²) in [6.07, 6.45) is 1.76. The Bertz CT molecular complexity index is 1360. The van der Waals surface area contributed by atoms with Gasteiger partial charge in [0.1, 0.15) is 10.6 Å². The summed E-state index contributed by atoms with van der Waals surface area (Å²) in [5.74, 6) is 0.819. The minimum Gasteiger partial charge on any atom is -0.495 e. The molecule has 2 N–H and O–H groups in total. The summed E-state index contributed by atoms with van der Waals surface area (Å²) in [7, 11) is -2.18. The Morgan fingerprint density at radius 2 is 1.79 bits per heavy atom. The Kier molecular flexibility index (Phi) is 8.81. The molecule has 0 aliphatic carbocycles. The number of nitrogens with zero attached hydrogens (tertiary/aromatic N) is 2. The lowest BCUT2D eigenvalue weighted by atomic mass is 9.82. The number of methoxy groups -OCH3 is 1. The van der Waals surface area contributed by atoms with E-state index in [0.29, 0.717) is 30.7 Å². The van der Waals surface area contributed by atoms with Gasteiger partial charge in [-0.25, -0.2) is 8.42 Å². The second-order valence-corrected chi connectivity index (χ2v) is 12.2. The zero-order valence-electron chi connectivity index (χ0n) is 23.3. The Balaban J connectivity index is 1.28. The predicted molar refractivity (Wildman–Crippen MR) is 156 cm³/mol. The number of hydrogen-bond donors (Lipinski definition) is 1. The van der Waals surface area contributed by atoms with Gasteiger partial charge in [0, 0.05) is 43.3 Å². The number of hydrogen-bond acceptors (Lipinski definition) is 5. The van der Waals surface area contributed by atoms with Crippen LogP contribution in [0.15, 0.2) is 65.6 Å². The average molecular weight is 536 g/mol. The van der Waals surface area contributed by atoms with Crippen LogP contribution >= 0.6 is 0 Å². The van der Waals surface area contributed by atoms with E-state index in [0.717, 1.165) is 25.9 Å². The van der Waals surface area contributed by atoms with Crippen molar-refractivity contribution in [3.05, 3.63) is 77.4 Å². The molecule has 0 radical (unpaired) electrons. The normalized spacial score (nSPS) is 17.9. The van der Waals surface area contributed by atoms with Gasteiger partial charge >= 0.3 is 0 Å². The molecule has 2 unspecified atom stereocenters. The van der Waals surface area contributed by atoms with Crippen LogP contribution in [0.2, 0.25) is 0 Å². The van der Waals surface area contributed by atoms with E-state index in [4.69, 9.17) is 10.5 Å². The first-order valence-electron chi connectivity index (χ1n) is 13.5. The minimum atomic E-state index is -3.65. The highest BCUT2D eigenvalue weighted by atomic mass is 32.2. The van der Waals surface area contributed by atoms with Gasteiger partial charge in [-0.3, -0.25) is 4.90 Å². The fraction of sp³-hybridized carbons (Fsp3) is 0.419. The molecule has 0 bridgehead atoms. The first kappa shape index (κ1) is 28.1. The molecule has 7 heteroatoms. The highest BCUT2D eigenvalue weighted by Crippen LogP contribution is 2.36. The molecule has 3 aromatic carbocycles. The summed E-state index contributed by atoms with van der Waals surface area (Å²) in [5.41, 5.74) is 12.9. The van der Waals surface area contributed by atoms with Gasteiger partial charge in [-0.15, -0.1) is 0 Å². The Morgan fingerprint density at radius 3 is 2.45 bits per heavy atom. The van der Waals surface area contributed by atoms with E-state index in [2.05, 4.69) is 68.1 Å². The SMILES string of the molecule is CCN(CCCCN1CC(c2ccc(-c3cccc(C)c3C)cc2)C1C)S(=O)(=O)c1ccc(N)cc1OC. The van der Waals surface area contributed by atoms with Crippen LogP contribution in [0.4, 0.5) is 5.69 Å². The zero-order chi connectivity index (χ0) is 27.4. The topological polar surface area (TPSA) is 75.9 Å². The maximum absolute atomic E-state index is 13.2. The quantitative estimate of drug-likeness (QED) is 0.247. The molecule has 0 aromatic heterocycles. The summed E-state index contributed by atoms with van der Waals surface area (Å²) in [4.78, 5) is 2.66. The van der Waals surface area contributed by atoms with E-state index < -0.39 is 10.0 Å². The number of likely N-dealkylation sites (tertiary alicyclic amines) is 1. The minimum absolute atomic E-state index is 0.166. The van der Waals surface area contributed by atoms with Crippen molar-refractivity contribution in [2.45, 2.75) is 57.4 Å². The van der Waals surface area contributed by atoms with Crippen LogP contribution in [-0.4, -0.2) is 57.0 Å². The van der Waals surface area contributed by atoms with Crippen LogP contribution < -0.4 is 10.5 Å². The maximum Gasteiger partial charge on any atom is 0.246 e. The van der Waals surface area contributed by atoms with Crippen molar-refractivity contribution >= 4 is 15.7 Å². The molecule has 0 spiro atoms. The van der Waals surface area contributed by atoms with Crippen molar-refractivity contribution in [2.75, 3.05) is 39.0 Å². The molecule has 204 valence electrons. The van der Waals surface area contributed by atoms with Gasteiger partial charge in [0.05, 0.1) is 7.11 Å².